The van der Waals surface area contributed by atoms with Crippen LogP contribution in [0.3, 0.4) is 0 Å². The number of hydrogen-bond acceptors (Lipinski definition) is 7. The van der Waals surface area contributed by atoms with Crippen molar-refractivity contribution in [2.75, 3.05) is 36.4 Å². The highest BCUT2D eigenvalue weighted by Gasteiger charge is 2.21. The van der Waals surface area contributed by atoms with Gasteiger partial charge in [0.25, 0.3) is 0 Å². The highest BCUT2D eigenvalue weighted by molar-refractivity contribution is 5.73. The fourth-order valence-corrected chi connectivity index (χ4v) is 3.17. The molecule has 3 aromatic rings. The molecule has 0 unspecified atom stereocenters. The Kier molecular flexibility index (Phi) is 4.92. The average molecular weight is 378 g/mol. The van der Waals surface area contributed by atoms with Gasteiger partial charge >= 0.3 is 0 Å². The molecule has 1 saturated heterocycles. The molecule has 1 amide bonds. The first-order valence-electron chi connectivity index (χ1n) is 9.24. The van der Waals surface area contributed by atoms with Crippen molar-refractivity contribution in [1.82, 2.24) is 20.0 Å². The van der Waals surface area contributed by atoms with E-state index in [4.69, 9.17) is 9.51 Å². The predicted molar refractivity (Wildman–Crippen MR) is 106 cm³/mol. The molecule has 8 heteroatoms. The van der Waals surface area contributed by atoms with E-state index in [9.17, 15) is 4.79 Å². The minimum atomic E-state index is 0.0994. The van der Waals surface area contributed by atoms with Crippen LogP contribution in [0.1, 0.15) is 12.7 Å². The van der Waals surface area contributed by atoms with Crippen LogP contribution < -0.4 is 10.2 Å². The average Bonchev–Trinajstić information content (AvgIpc) is 3.13. The summed E-state index contributed by atoms with van der Waals surface area (Å²) in [5.74, 6) is 2.70. The number of amides is 1. The van der Waals surface area contributed by atoms with Gasteiger partial charge in [-0.05, 0) is 6.92 Å². The zero-order chi connectivity index (χ0) is 19.5. The number of benzene rings is 1. The van der Waals surface area contributed by atoms with Crippen molar-refractivity contribution >= 4 is 23.5 Å². The molecule has 0 bridgehead atoms. The zero-order valence-electron chi connectivity index (χ0n) is 15.9. The van der Waals surface area contributed by atoms with E-state index in [1.807, 2.05) is 54.3 Å². The van der Waals surface area contributed by atoms with E-state index in [1.165, 1.54) is 0 Å². The Labute approximate surface area is 163 Å². The normalized spacial score (nSPS) is 14.2. The lowest BCUT2D eigenvalue weighted by atomic mass is 10.1. The maximum Gasteiger partial charge on any atom is 0.228 e. The Balaban J connectivity index is 1.65. The molecule has 0 radical (unpaired) electrons. The van der Waals surface area contributed by atoms with Gasteiger partial charge in [0.15, 0.2) is 5.82 Å². The first-order chi connectivity index (χ1) is 13.6. The molecule has 1 N–H and O–H groups in total. The van der Waals surface area contributed by atoms with E-state index in [-0.39, 0.29) is 5.91 Å². The quantitative estimate of drug-likeness (QED) is 0.747. The minimum absolute atomic E-state index is 0.0994. The van der Waals surface area contributed by atoms with Gasteiger partial charge in [0.05, 0.1) is 5.69 Å². The third-order valence-corrected chi connectivity index (χ3v) is 4.68. The van der Waals surface area contributed by atoms with E-state index in [0.29, 0.717) is 43.8 Å². The molecule has 3 heterocycles. The van der Waals surface area contributed by atoms with E-state index >= 15 is 0 Å². The summed E-state index contributed by atoms with van der Waals surface area (Å²) < 4.78 is 5.13. The van der Waals surface area contributed by atoms with Crippen molar-refractivity contribution in [3.05, 3.63) is 48.2 Å². The summed E-state index contributed by atoms with van der Waals surface area (Å²) in [4.78, 5) is 25.0. The Morgan fingerprint density at radius 1 is 1.04 bits per heavy atom. The van der Waals surface area contributed by atoms with Gasteiger partial charge in [-0.1, -0.05) is 35.5 Å². The molecular formula is C20H22N6O2. The van der Waals surface area contributed by atoms with Crippen molar-refractivity contribution < 1.29 is 9.32 Å². The number of nitrogens with one attached hydrogen (secondary N) is 1. The summed E-state index contributed by atoms with van der Waals surface area (Å²) in [6, 6.07) is 13.7. The molecular weight excluding hydrogens is 356 g/mol. The second-order valence-corrected chi connectivity index (χ2v) is 6.75. The SMILES string of the molecule is CC(=O)N1CCN(c2nc(Nc3cc(C)on3)cc(-c3ccccc3)n2)CC1. The van der Waals surface area contributed by atoms with Crippen LogP contribution in [-0.2, 0) is 4.79 Å². The van der Waals surface area contributed by atoms with Gasteiger partial charge in [-0.15, -0.1) is 0 Å². The van der Waals surface area contributed by atoms with Gasteiger partial charge < -0.3 is 19.6 Å². The molecule has 0 atom stereocenters. The van der Waals surface area contributed by atoms with Crippen molar-refractivity contribution in [3.8, 4) is 11.3 Å². The highest BCUT2D eigenvalue weighted by Crippen LogP contribution is 2.25. The summed E-state index contributed by atoms with van der Waals surface area (Å²) in [5.41, 5.74) is 1.83. The number of piperazine rings is 1. The van der Waals surface area contributed by atoms with E-state index < -0.39 is 0 Å². The number of carbonyl (C=O) groups excluding carboxylic acids is 1. The largest absolute Gasteiger partial charge is 0.360 e. The van der Waals surface area contributed by atoms with Crippen LogP contribution in [0, 0.1) is 6.92 Å². The van der Waals surface area contributed by atoms with Crippen LogP contribution in [0.15, 0.2) is 47.0 Å². The molecule has 0 aliphatic carbocycles. The first kappa shape index (κ1) is 18.0. The summed E-state index contributed by atoms with van der Waals surface area (Å²) in [7, 11) is 0. The van der Waals surface area contributed by atoms with Crippen molar-refractivity contribution in [2.45, 2.75) is 13.8 Å². The lowest BCUT2D eigenvalue weighted by Crippen LogP contribution is -2.48. The maximum atomic E-state index is 11.6. The van der Waals surface area contributed by atoms with E-state index in [1.54, 1.807) is 6.92 Å². The molecule has 4 rings (SSSR count). The molecule has 28 heavy (non-hydrogen) atoms. The van der Waals surface area contributed by atoms with Crippen LogP contribution in [-0.4, -0.2) is 52.1 Å². The minimum Gasteiger partial charge on any atom is -0.360 e. The molecule has 1 aliphatic heterocycles. The third-order valence-electron chi connectivity index (χ3n) is 4.68. The summed E-state index contributed by atoms with van der Waals surface area (Å²) >= 11 is 0. The van der Waals surface area contributed by atoms with Gasteiger partial charge in [-0.3, -0.25) is 4.79 Å². The lowest BCUT2D eigenvalue weighted by Gasteiger charge is -2.34. The number of hydrogen-bond donors (Lipinski definition) is 1. The third kappa shape index (κ3) is 3.95. The predicted octanol–water partition coefficient (Wildman–Crippen LogP) is 2.85. The van der Waals surface area contributed by atoms with Crippen molar-refractivity contribution in [2.24, 2.45) is 0 Å². The molecule has 0 spiro atoms. The second-order valence-electron chi connectivity index (χ2n) is 6.75. The molecule has 1 aromatic carbocycles. The highest BCUT2D eigenvalue weighted by atomic mass is 16.5. The number of nitrogens with zero attached hydrogens (tertiary/aromatic N) is 5. The number of carbonyl (C=O) groups is 1. The first-order valence-corrected chi connectivity index (χ1v) is 9.24. The number of aryl methyl sites for hydroxylation is 1. The molecule has 2 aromatic heterocycles. The van der Waals surface area contributed by atoms with Crippen molar-refractivity contribution in [1.29, 1.82) is 0 Å². The van der Waals surface area contributed by atoms with Crippen LogP contribution in [0.4, 0.5) is 17.6 Å². The van der Waals surface area contributed by atoms with Crippen LogP contribution in [0.5, 0.6) is 0 Å². The molecule has 1 aliphatic rings. The van der Waals surface area contributed by atoms with Gasteiger partial charge in [0.2, 0.25) is 11.9 Å². The number of rotatable bonds is 4. The topological polar surface area (TPSA) is 87.4 Å². The Hall–Kier alpha value is -3.42. The van der Waals surface area contributed by atoms with Gasteiger partial charge in [-0.25, -0.2) is 4.98 Å². The Bertz CT molecular complexity index is 964. The smallest absolute Gasteiger partial charge is 0.228 e. The van der Waals surface area contributed by atoms with Gasteiger partial charge in [-0.2, -0.15) is 4.98 Å². The van der Waals surface area contributed by atoms with Crippen LogP contribution >= 0.6 is 0 Å². The monoisotopic (exact) mass is 378 g/mol. The second kappa shape index (κ2) is 7.67. The van der Waals surface area contributed by atoms with Gasteiger partial charge in [0.1, 0.15) is 11.6 Å². The van der Waals surface area contributed by atoms with Gasteiger partial charge in [0, 0.05) is 50.8 Å². The molecule has 8 nitrogen and oxygen atoms in total. The van der Waals surface area contributed by atoms with Crippen LogP contribution in [0.2, 0.25) is 0 Å². The molecule has 0 saturated carbocycles. The number of anilines is 3. The van der Waals surface area contributed by atoms with E-state index in [2.05, 4.69) is 20.4 Å². The number of aromatic nitrogens is 3. The zero-order valence-corrected chi connectivity index (χ0v) is 15.9. The fraction of sp³-hybridized carbons (Fsp3) is 0.300. The standard InChI is InChI=1S/C20H22N6O2/c1-14-12-19(24-28-14)22-18-13-17(16-6-4-3-5-7-16)21-20(23-18)26-10-8-25(9-11-26)15(2)27/h3-7,12-13H,8-11H2,1-2H3,(H,21,22,23,24). The Morgan fingerprint density at radius 3 is 2.43 bits per heavy atom. The summed E-state index contributed by atoms with van der Waals surface area (Å²) in [6.07, 6.45) is 0. The maximum absolute atomic E-state index is 11.6. The van der Waals surface area contributed by atoms with Crippen LogP contribution in [0.25, 0.3) is 11.3 Å². The summed E-state index contributed by atoms with van der Waals surface area (Å²) in [6.45, 7) is 6.16. The van der Waals surface area contributed by atoms with Crippen molar-refractivity contribution in [3.63, 3.8) is 0 Å². The molecule has 144 valence electrons. The fourth-order valence-electron chi connectivity index (χ4n) is 3.17. The Morgan fingerprint density at radius 2 is 1.79 bits per heavy atom. The molecule has 1 fully saturated rings. The van der Waals surface area contributed by atoms with E-state index in [0.717, 1.165) is 17.0 Å². The summed E-state index contributed by atoms with van der Waals surface area (Å²) in [5, 5.41) is 7.17. The lowest BCUT2D eigenvalue weighted by molar-refractivity contribution is -0.129.